The second kappa shape index (κ2) is 5.17. The van der Waals surface area contributed by atoms with Crippen LogP contribution in [-0.2, 0) is 0 Å². The average molecular weight is 286 g/mol. The summed E-state index contributed by atoms with van der Waals surface area (Å²) in [6.45, 7) is 6.66. The fraction of sp³-hybridized carbons (Fsp3) is 0.529. The van der Waals surface area contributed by atoms with E-state index in [1.807, 2.05) is 13.0 Å². The molecule has 1 aromatic carbocycles. The van der Waals surface area contributed by atoms with E-state index in [9.17, 15) is 4.79 Å². The van der Waals surface area contributed by atoms with Crippen LogP contribution in [-0.4, -0.2) is 20.6 Å². The average Bonchev–Trinajstić information content (AvgIpc) is 2.74. The molecule has 1 aliphatic rings. The highest BCUT2D eigenvalue weighted by Crippen LogP contribution is 2.39. The third kappa shape index (κ3) is 2.43. The molecule has 3 atom stereocenters. The van der Waals surface area contributed by atoms with Gasteiger partial charge in [0.05, 0.1) is 16.6 Å². The number of fused-ring (bicyclic) bond motifs is 1. The zero-order valence-electron chi connectivity index (χ0n) is 12.8. The van der Waals surface area contributed by atoms with E-state index < -0.39 is 5.97 Å². The Bertz CT molecular complexity index is 689. The van der Waals surface area contributed by atoms with Gasteiger partial charge in [-0.2, -0.15) is 0 Å². The Hall–Kier alpha value is -1.84. The van der Waals surface area contributed by atoms with Gasteiger partial charge in [-0.1, -0.05) is 13.8 Å². The van der Waals surface area contributed by atoms with Gasteiger partial charge in [0.2, 0.25) is 0 Å². The number of carboxylic acids is 1. The van der Waals surface area contributed by atoms with E-state index in [4.69, 9.17) is 5.11 Å². The molecule has 0 spiro atoms. The van der Waals surface area contributed by atoms with E-state index in [-0.39, 0.29) is 0 Å². The summed E-state index contributed by atoms with van der Waals surface area (Å²) in [7, 11) is 0. The Morgan fingerprint density at radius 3 is 2.76 bits per heavy atom. The van der Waals surface area contributed by atoms with Crippen molar-refractivity contribution < 1.29 is 9.90 Å². The van der Waals surface area contributed by atoms with Crippen LogP contribution in [0.25, 0.3) is 11.0 Å². The standard InChI is InChI=1S/C17H22N2O2/c1-10-4-6-15(11(2)8-10)19-12(3)18-14-9-13(17(20)21)5-7-16(14)19/h5,7,9-11,15H,4,6,8H2,1-3H3,(H,20,21). The van der Waals surface area contributed by atoms with Gasteiger partial charge >= 0.3 is 5.97 Å². The number of aromatic nitrogens is 2. The number of imidazole rings is 1. The lowest BCUT2D eigenvalue weighted by molar-refractivity contribution is 0.0697. The Morgan fingerprint density at radius 2 is 2.10 bits per heavy atom. The minimum atomic E-state index is -0.899. The number of hydrogen-bond donors (Lipinski definition) is 1. The van der Waals surface area contributed by atoms with E-state index >= 15 is 0 Å². The first kappa shape index (κ1) is 14.1. The van der Waals surface area contributed by atoms with E-state index in [1.54, 1.807) is 12.1 Å². The molecule has 0 saturated heterocycles. The Morgan fingerprint density at radius 1 is 1.33 bits per heavy atom. The first-order valence-electron chi connectivity index (χ1n) is 7.69. The lowest BCUT2D eigenvalue weighted by atomic mass is 9.79. The summed E-state index contributed by atoms with van der Waals surface area (Å²) in [5, 5.41) is 9.11. The Kier molecular flexibility index (Phi) is 3.47. The monoisotopic (exact) mass is 286 g/mol. The number of aryl methyl sites for hydroxylation is 1. The first-order valence-corrected chi connectivity index (χ1v) is 7.69. The molecule has 2 aromatic rings. The molecule has 21 heavy (non-hydrogen) atoms. The number of nitrogens with zero attached hydrogens (tertiary/aromatic N) is 2. The summed E-state index contributed by atoms with van der Waals surface area (Å²) in [5.74, 6) is 1.51. The molecule has 1 heterocycles. The highest BCUT2D eigenvalue weighted by Gasteiger charge is 2.28. The molecule has 0 aliphatic heterocycles. The highest BCUT2D eigenvalue weighted by atomic mass is 16.4. The molecule has 3 rings (SSSR count). The lowest BCUT2D eigenvalue weighted by Crippen LogP contribution is -2.25. The van der Waals surface area contributed by atoms with Crippen molar-refractivity contribution in [2.45, 2.75) is 46.1 Å². The van der Waals surface area contributed by atoms with Gasteiger partial charge in [0.25, 0.3) is 0 Å². The second-order valence-corrected chi connectivity index (χ2v) is 6.50. The van der Waals surface area contributed by atoms with E-state index in [1.165, 1.54) is 19.3 Å². The Labute approximate surface area is 124 Å². The van der Waals surface area contributed by atoms with Gasteiger partial charge in [-0.3, -0.25) is 0 Å². The molecule has 0 amide bonds. The normalized spacial score (nSPS) is 26.1. The zero-order chi connectivity index (χ0) is 15.1. The molecule has 112 valence electrons. The summed E-state index contributed by atoms with van der Waals surface area (Å²) in [5.41, 5.74) is 2.15. The molecule has 1 fully saturated rings. The van der Waals surface area contributed by atoms with Crippen LogP contribution in [0.15, 0.2) is 18.2 Å². The van der Waals surface area contributed by atoms with Crippen LogP contribution in [0.4, 0.5) is 0 Å². The Balaban J connectivity index is 2.06. The van der Waals surface area contributed by atoms with E-state index in [0.717, 1.165) is 22.8 Å². The second-order valence-electron chi connectivity index (χ2n) is 6.50. The molecule has 1 aliphatic carbocycles. The number of aromatic carboxylic acids is 1. The van der Waals surface area contributed by atoms with Crippen LogP contribution in [0.3, 0.4) is 0 Å². The molecule has 1 N–H and O–H groups in total. The minimum Gasteiger partial charge on any atom is -0.478 e. The molecule has 3 unspecified atom stereocenters. The fourth-order valence-corrected chi connectivity index (χ4v) is 3.80. The summed E-state index contributed by atoms with van der Waals surface area (Å²) in [6.07, 6.45) is 3.67. The van der Waals surface area contributed by atoms with Gasteiger partial charge < -0.3 is 9.67 Å². The number of carbonyl (C=O) groups is 1. The van der Waals surface area contributed by atoms with Crippen LogP contribution in [0.5, 0.6) is 0 Å². The highest BCUT2D eigenvalue weighted by molar-refractivity contribution is 5.92. The SMILES string of the molecule is Cc1nc2cc(C(=O)O)ccc2n1C1CCC(C)CC1C. The number of benzene rings is 1. The van der Waals surface area contributed by atoms with Crippen LogP contribution >= 0.6 is 0 Å². The van der Waals surface area contributed by atoms with Crippen molar-refractivity contribution in [2.75, 3.05) is 0 Å². The summed E-state index contributed by atoms with van der Waals surface area (Å²) < 4.78 is 2.32. The van der Waals surface area contributed by atoms with Crippen molar-refractivity contribution in [3.05, 3.63) is 29.6 Å². The van der Waals surface area contributed by atoms with Crippen molar-refractivity contribution in [3.63, 3.8) is 0 Å². The largest absolute Gasteiger partial charge is 0.478 e. The molecule has 0 bridgehead atoms. The molecule has 4 heteroatoms. The first-order chi connectivity index (χ1) is 9.97. The topological polar surface area (TPSA) is 55.1 Å². The van der Waals surface area contributed by atoms with Crippen molar-refractivity contribution in [1.82, 2.24) is 9.55 Å². The predicted molar refractivity (Wildman–Crippen MR) is 82.6 cm³/mol. The molecule has 1 aromatic heterocycles. The maximum Gasteiger partial charge on any atom is 0.335 e. The van der Waals surface area contributed by atoms with Crippen LogP contribution < -0.4 is 0 Å². The zero-order valence-corrected chi connectivity index (χ0v) is 12.8. The number of hydrogen-bond acceptors (Lipinski definition) is 2. The lowest BCUT2D eigenvalue weighted by Gasteiger charge is -2.34. The summed E-state index contributed by atoms with van der Waals surface area (Å²) >= 11 is 0. The molecular formula is C17H22N2O2. The van der Waals surface area contributed by atoms with Crippen molar-refractivity contribution in [1.29, 1.82) is 0 Å². The fourth-order valence-electron chi connectivity index (χ4n) is 3.80. The van der Waals surface area contributed by atoms with Gasteiger partial charge in [0.15, 0.2) is 0 Å². The minimum absolute atomic E-state index is 0.303. The van der Waals surface area contributed by atoms with Gasteiger partial charge in [0.1, 0.15) is 5.82 Å². The van der Waals surface area contributed by atoms with Gasteiger partial charge in [-0.15, -0.1) is 0 Å². The summed E-state index contributed by atoms with van der Waals surface area (Å²) in [4.78, 5) is 15.7. The smallest absolute Gasteiger partial charge is 0.335 e. The number of carboxylic acid groups (broad SMARTS) is 1. The molecular weight excluding hydrogens is 264 g/mol. The van der Waals surface area contributed by atoms with Crippen molar-refractivity contribution in [2.24, 2.45) is 11.8 Å². The molecule has 0 radical (unpaired) electrons. The van der Waals surface area contributed by atoms with Gasteiger partial charge in [-0.05, 0) is 56.2 Å². The number of rotatable bonds is 2. The van der Waals surface area contributed by atoms with E-state index in [2.05, 4.69) is 23.4 Å². The summed E-state index contributed by atoms with van der Waals surface area (Å²) in [6, 6.07) is 5.74. The third-order valence-electron chi connectivity index (χ3n) is 4.83. The van der Waals surface area contributed by atoms with Crippen molar-refractivity contribution >= 4 is 17.0 Å². The molecule has 4 nitrogen and oxygen atoms in total. The van der Waals surface area contributed by atoms with Gasteiger partial charge in [-0.25, -0.2) is 9.78 Å². The quantitative estimate of drug-likeness (QED) is 0.906. The van der Waals surface area contributed by atoms with Gasteiger partial charge in [0, 0.05) is 6.04 Å². The van der Waals surface area contributed by atoms with Crippen LogP contribution in [0.1, 0.15) is 55.3 Å². The molecule has 1 saturated carbocycles. The van der Waals surface area contributed by atoms with Crippen LogP contribution in [0.2, 0.25) is 0 Å². The third-order valence-corrected chi connectivity index (χ3v) is 4.83. The van der Waals surface area contributed by atoms with Crippen LogP contribution in [0, 0.1) is 18.8 Å². The maximum atomic E-state index is 11.1. The van der Waals surface area contributed by atoms with Crippen molar-refractivity contribution in [3.8, 4) is 0 Å². The predicted octanol–water partition coefficient (Wildman–Crippen LogP) is 4.04. The van der Waals surface area contributed by atoms with E-state index in [0.29, 0.717) is 17.5 Å². The maximum absolute atomic E-state index is 11.1.